The van der Waals surface area contributed by atoms with Gasteiger partial charge < -0.3 is 10.5 Å². The summed E-state index contributed by atoms with van der Waals surface area (Å²) in [5.74, 6) is -0.539. The zero-order valence-corrected chi connectivity index (χ0v) is 10.7. The van der Waals surface area contributed by atoms with Crippen molar-refractivity contribution < 1.29 is 9.53 Å². The molecule has 0 radical (unpaired) electrons. The summed E-state index contributed by atoms with van der Waals surface area (Å²) in [5.41, 5.74) is 9.25. The molecule has 0 aliphatic heterocycles. The normalized spacial score (nSPS) is 10.6. The highest BCUT2D eigenvalue weighted by molar-refractivity contribution is 6.02. The average molecular weight is 245 g/mol. The fourth-order valence-electron chi connectivity index (χ4n) is 1.73. The van der Waals surface area contributed by atoms with Crippen LogP contribution in [0.25, 0.3) is 10.9 Å². The van der Waals surface area contributed by atoms with E-state index in [9.17, 15) is 4.79 Å². The molecule has 2 aromatic rings. The second-order valence-corrected chi connectivity index (χ2v) is 4.14. The fourth-order valence-corrected chi connectivity index (χ4v) is 1.73. The summed E-state index contributed by atoms with van der Waals surface area (Å²) >= 11 is 0. The third-order valence-corrected chi connectivity index (χ3v) is 2.88. The van der Waals surface area contributed by atoms with Crippen LogP contribution < -0.4 is 5.73 Å². The molecule has 5 heteroatoms. The lowest BCUT2D eigenvalue weighted by Gasteiger charge is -2.08. The Kier molecular flexibility index (Phi) is 3.14. The maximum Gasteiger partial charge on any atom is 0.361 e. The van der Waals surface area contributed by atoms with Crippen LogP contribution in [0.4, 0.5) is 5.69 Å². The Morgan fingerprint density at radius 3 is 2.61 bits per heavy atom. The number of aryl methyl sites for hydroxylation is 2. The molecule has 2 rings (SSSR count). The van der Waals surface area contributed by atoms with Crippen molar-refractivity contribution in [1.29, 1.82) is 0 Å². The van der Waals surface area contributed by atoms with Gasteiger partial charge in [0.15, 0.2) is 5.69 Å². The van der Waals surface area contributed by atoms with Gasteiger partial charge in [0, 0.05) is 5.39 Å². The predicted molar refractivity (Wildman–Crippen MR) is 69.4 cm³/mol. The first-order valence-electron chi connectivity index (χ1n) is 5.74. The molecule has 0 saturated carbocycles. The second-order valence-electron chi connectivity index (χ2n) is 4.14. The van der Waals surface area contributed by atoms with Gasteiger partial charge in [0.1, 0.15) is 0 Å². The van der Waals surface area contributed by atoms with Gasteiger partial charge in [-0.2, -0.15) is 0 Å². The summed E-state index contributed by atoms with van der Waals surface area (Å²) in [7, 11) is 0. The number of rotatable bonds is 2. The number of nitrogen functional groups attached to an aromatic ring is 1. The van der Waals surface area contributed by atoms with Gasteiger partial charge in [-0.25, -0.2) is 4.79 Å². The first-order chi connectivity index (χ1) is 8.54. The van der Waals surface area contributed by atoms with E-state index in [4.69, 9.17) is 10.5 Å². The third-order valence-electron chi connectivity index (χ3n) is 2.88. The van der Waals surface area contributed by atoms with E-state index in [0.29, 0.717) is 11.2 Å². The Bertz CT molecular complexity index is 623. The van der Waals surface area contributed by atoms with Gasteiger partial charge in [0.2, 0.25) is 0 Å². The van der Waals surface area contributed by atoms with Gasteiger partial charge in [-0.3, -0.25) is 0 Å². The zero-order chi connectivity index (χ0) is 13.3. The molecule has 1 aromatic heterocycles. The van der Waals surface area contributed by atoms with Crippen molar-refractivity contribution in [3.63, 3.8) is 0 Å². The molecule has 0 aliphatic carbocycles. The highest BCUT2D eigenvalue weighted by atomic mass is 16.5. The van der Waals surface area contributed by atoms with Crippen LogP contribution in [0.2, 0.25) is 0 Å². The molecule has 5 nitrogen and oxygen atoms in total. The van der Waals surface area contributed by atoms with Crippen molar-refractivity contribution in [2.75, 3.05) is 12.3 Å². The maximum atomic E-state index is 11.7. The Morgan fingerprint density at radius 1 is 1.28 bits per heavy atom. The first-order valence-corrected chi connectivity index (χ1v) is 5.74. The summed E-state index contributed by atoms with van der Waals surface area (Å²) in [6, 6.07) is 3.82. The number of carbonyl (C=O) groups excluding carboxylic acids is 1. The lowest BCUT2D eigenvalue weighted by atomic mass is 10.1. The van der Waals surface area contributed by atoms with Gasteiger partial charge in [-0.15, -0.1) is 10.2 Å². The standard InChI is InChI=1S/C13H15N3O2/c1-4-18-13(17)12-11(14)9-5-7(2)8(3)6-10(9)15-16-12/h5-6H,4H2,1-3H3,(H2,14,15). The first kappa shape index (κ1) is 12.3. The minimum absolute atomic E-state index is 0.0765. The van der Waals surface area contributed by atoms with E-state index < -0.39 is 5.97 Å². The fraction of sp³-hybridized carbons (Fsp3) is 0.308. The van der Waals surface area contributed by atoms with Gasteiger partial charge in [0.25, 0.3) is 0 Å². The Balaban J connectivity index is 2.63. The van der Waals surface area contributed by atoms with Gasteiger partial charge >= 0.3 is 5.97 Å². The van der Waals surface area contributed by atoms with E-state index in [-0.39, 0.29) is 12.3 Å². The Hall–Kier alpha value is -2.17. The third kappa shape index (κ3) is 1.99. The molecule has 0 atom stereocenters. The number of carbonyl (C=O) groups is 1. The van der Waals surface area contributed by atoms with E-state index in [1.54, 1.807) is 6.92 Å². The molecule has 0 aliphatic rings. The quantitative estimate of drug-likeness (QED) is 0.819. The number of hydrogen-bond donors (Lipinski definition) is 1. The summed E-state index contributed by atoms with van der Waals surface area (Å²) < 4.78 is 4.89. The van der Waals surface area contributed by atoms with Crippen LogP contribution in [-0.2, 0) is 4.74 Å². The molecular weight excluding hydrogens is 230 g/mol. The highest BCUT2D eigenvalue weighted by Gasteiger charge is 2.16. The number of aromatic nitrogens is 2. The molecule has 94 valence electrons. The van der Waals surface area contributed by atoms with E-state index in [1.807, 2.05) is 26.0 Å². The largest absolute Gasteiger partial charge is 0.461 e. The van der Waals surface area contributed by atoms with Crippen molar-refractivity contribution in [3.8, 4) is 0 Å². The summed E-state index contributed by atoms with van der Waals surface area (Å²) in [6.45, 7) is 5.99. The Labute approximate surface area is 105 Å². The molecule has 0 saturated heterocycles. The lowest BCUT2D eigenvalue weighted by Crippen LogP contribution is -2.12. The molecule has 2 N–H and O–H groups in total. The second kappa shape index (κ2) is 4.60. The molecule has 0 fully saturated rings. The van der Waals surface area contributed by atoms with Crippen LogP contribution in [-0.4, -0.2) is 22.8 Å². The number of nitrogens with zero attached hydrogens (tertiary/aromatic N) is 2. The lowest BCUT2D eigenvalue weighted by molar-refractivity contribution is 0.0520. The van der Waals surface area contributed by atoms with Crippen molar-refractivity contribution in [3.05, 3.63) is 29.0 Å². The molecule has 0 bridgehead atoms. The summed E-state index contributed by atoms with van der Waals surface area (Å²) in [4.78, 5) is 11.7. The van der Waals surface area contributed by atoms with Crippen LogP contribution in [0.3, 0.4) is 0 Å². The number of esters is 1. The zero-order valence-electron chi connectivity index (χ0n) is 10.7. The SMILES string of the molecule is CCOC(=O)c1nnc2cc(C)c(C)cc2c1N. The number of benzene rings is 1. The Morgan fingerprint density at radius 2 is 1.94 bits per heavy atom. The maximum absolute atomic E-state index is 11.7. The van der Waals surface area contributed by atoms with E-state index in [0.717, 1.165) is 16.5 Å². The van der Waals surface area contributed by atoms with Crippen molar-refractivity contribution >= 4 is 22.6 Å². The van der Waals surface area contributed by atoms with E-state index >= 15 is 0 Å². The van der Waals surface area contributed by atoms with Gasteiger partial charge in [-0.05, 0) is 44.0 Å². The monoisotopic (exact) mass is 245 g/mol. The molecular formula is C13H15N3O2. The minimum atomic E-state index is -0.539. The number of hydrogen-bond acceptors (Lipinski definition) is 5. The number of nitrogens with two attached hydrogens (primary N) is 1. The smallest absolute Gasteiger partial charge is 0.361 e. The van der Waals surface area contributed by atoms with Crippen LogP contribution in [0, 0.1) is 13.8 Å². The molecule has 1 aromatic carbocycles. The van der Waals surface area contributed by atoms with E-state index in [1.165, 1.54) is 0 Å². The average Bonchev–Trinajstić information content (AvgIpc) is 2.32. The molecule has 0 spiro atoms. The van der Waals surface area contributed by atoms with Crippen molar-refractivity contribution in [1.82, 2.24) is 10.2 Å². The predicted octanol–water partition coefficient (Wildman–Crippen LogP) is 2.01. The van der Waals surface area contributed by atoms with Crippen LogP contribution >= 0.6 is 0 Å². The van der Waals surface area contributed by atoms with Crippen LogP contribution in [0.1, 0.15) is 28.5 Å². The van der Waals surface area contributed by atoms with Crippen molar-refractivity contribution in [2.24, 2.45) is 0 Å². The molecule has 0 amide bonds. The number of ether oxygens (including phenoxy) is 1. The summed E-state index contributed by atoms with van der Waals surface area (Å²) in [6.07, 6.45) is 0. The minimum Gasteiger partial charge on any atom is -0.461 e. The number of anilines is 1. The molecule has 18 heavy (non-hydrogen) atoms. The van der Waals surface area contributed by atoms with Crippen LogP contribution in [0.15, 0.2) is 12.1 Å². The number of fused-ring (bicyclic) bond motifs is 1. The molecule has 0 unspecified atom stereocenters. The van der Waals surface area contributed by atoms with E-state index in [2.05, 4.69) is 10.2 Å². The van der Waals surface area contributed by atoms with Crippen molar-refractivity contribution in [2.45, 2.75) is 20.8 Å². The van der Waals surface area contributed by atoms with Crippen LogP contribution in [0.5, 0.6) is 0 Å². The summed E-state index contributed by atoms with van der Waals surface area (Å²) in [5, 5.41) is 8.60. The highest BCUT2D eigenvalue weighted by Crippen LogP contribution is 2.24. The van der Waals surface area contributed by atoms with Gasteiger partial charge in [-0.1, -0.05) is 0 Å². The topological polar surface area (TPSA) is 78.1 Å². The van der Waals surface area contributed by atoms with Gasteiger partial charge in [0.05, 0.1) is 17.8 Å². The molecule has 1 heterocycles.